The molecule has 10 aliphatic rings. The first kappa shape index (κ1) is 32.7. The van der Waals surface area contributed by atoms with Crippen molar-refractivity contribution in [2.45, 2.75) is 114 Å². The summed E-state index contributed by atoms with van der Waals surface area (Å²) in [7, 11) is 0. The van der Waals surface area contributed by atoms with E-state index in [4.69, 9.17) is 9.47 Å². The van der Waals surface area contributed by atoms with Gasteiger partial charge in [0.05, 0.1) is 36.5 Å². The van der Waals surface area contributed by atoms with Crippen LogP contribution in [0.3, 0.4) is 0 Å². The Hall–Kier alpha value is -3.66. The summed E-state index contributed by atoms with van der Waals surface area (Å²) in [6.45, 7) is 0. The largest absolute Gasteiger partial charge is 0.370 e. The summed E-state index contributed by atoms with van der Waals surface area (Å²) >= 11 is 0. The van der Waals surface area contributed by atoms with Crippen molar-refractivity contribution in [3.63, 3.8) is 0 Å². The number of benzene rings is 1. The number of allylic oxidation sites excluding steroid dienone is 11. The highest BCUT2D eigenvalue weighted by atomic mass is 16.5. The van der Waals surface area contributed by atoms with Crippen LogP contribution in [0.5, 0.6) is 0 Å². The number of hydrogen-bond acceptors (Lipinski definition) is 3. The van der Waals surface area contributed by atoms with E-state index in [2.05, 4.69) is 120 Å². The van der Waals surface area contributed by atoms with Crippen LogP contribution in [0.4, 0.5) is 0 Å². The van der Waals surface area contributed by atoms with E-state index in [0.29, 0.717) is 47.6 Å². The van der Waals surface area contributed by atoms with Crippen LogP contribution >= 0.6 is 0 Å². The predicted octanol–water partition coefficient (Wildman–Crippen LogP) is 10.9. The molecule has 11 rings (SSSR count). The van der Waals surface area contributed by atoms with Gasteiger partial charge >= 0.3 is 0 Å². The highest BCUT2D eigenvalue weighted by molar-refractivity contribution is 5.75. The molecule has 3 heterocycles. The van der Waals surface area contributed by atoms with E-state index in [0.717, 1.165) is 25.7 Å². The molecule has 3 aliphatic heterocycles. The second-order valence-corrected chi connectivity index (χ2v) is 17.5. The molecule has 7 aliphatic carbocycles. The smallest absolute Gasteiger partial charge is 0.0833 e. The van der Waals surface area contributed by atoms with Crippen molar-refractivity contribution >= 4 is 5.57 Å². The van der Waals surface area contributed by atoms with Crippen molar-refractivity contribution in [2.24, 2.45) is 35.5 Å². The van der Waals surface area contributed by atoms with E-state index in [1.54, 1.807) is 28.0 Å². The molecular weight excluding hydrogens is 647 g/mol. The quantitative estimate of drug-likeness (QED) is 0.292. The summed E-state index contributed by atoms with van der Waals surface area (Å²) in [4.78, 5) is 2.87. The molecule has 0 aromatic heterocycles. The topological polar surface area (TPSA) is 21.7 Å². The van der Waals surface area contributed by atoms with E-state index in [-0.39, 0.29) is 24.4 Å². The third-order valence-electron chi connectivity index (χ3n) is 14.9. The van der Waals surface area contributed by atoms with Gasteiger partial charge in [-0.3, -0.25) is 0 Å². The summed E-state index contributed by atoms with van der Waals surface area (Å²) in [6, 6.07) is 12.0. The van der Waals surface area contributed by atoms with Crippen LogP contribution in [0.15, 0.2) is 143 Å². The van der Waals surface area contributed by atoms with E-state index in [9.17, 15) is 0 Å². The van der Waals surface area contributed by atoms with Crippen molar-refractivity contribution in [1.82, 2.24) is 4.90 Å². The second-order valence-electron chi connectivity index (χ2n) is 17.5. The Bertz CT molecular complexity index is 1930. The van der Waals surface area contributed by atoms with Crippen LogP contribution in [0.1, 0.15) is 82.6 Å². The van der Waals surface area contributed by atoms with Crippen molar-refractivity contribution in [3.05, 3.63) is 149 Å². The summed E-state index contributed by atoms with van der Waals surface area (Å²) in [5.74, 6) is 2.85. The molecule has 53 heavy (non-hydrogen) atoms. The van der Waals surface area contributed by atoms with Gasteiger partial charge in [0, 0.05) is 23.5 Å². The van der Waals surface area contributed by atoms with E-state index >= 15 is 0 Å². The molecule has 3 nitrogen and oxygen atoms in total. The number of hydrogen-bond donors (Lipinski definition) is 0. The monoisotopic (exact) mass is 701 g/mol. The fourth-order valence-corrected chi connectivity index (χ4v) is 12.8. The van der Waals surface area contributed by atoms with Crippen LogP contribution in [-0.4, -0.2) is 41.4 Å². The third kappa shape index (κ3) is 5.50. The van der Waals surface area contributed by atoms with Gasteiger partial charge in [0.15, 0.2) is 0 Å². The van der Waals surface area contributed by atoms with Gasteiger partial charge in [-0.25, -0.2) is 0 Å². The predicted molar refractivity (Wildman–Crippen MR) is 214 cm³/mol. The minimum Gasteiger partial charge on any atom is -0.370 e. The Morgan fingerprint density at radius 3 is 2.60 bits per heavy atom. The second kappa shape index (κ2) is 13.6. The first-order valence-electron chi connectivity index (χ1n) is 21.4. The van der Waals surface area contributed by atoms with Crippen molar-refractivity contribution < 1.29 is 9.47 Å². The molecular formula is C50H55NO2. The normalized spacial score (nSPS) is 40.9. The van der Waals surface area contributed by atoms with Crippen LogP contribution < -0.4 is 0 Å². The van der Waals surface area contributed by atoms with Crippen LogP contribution in [0, 0.1) is 35.5 Å². The Morgan fingerprint density at radius 1 is 0.717 bits per heavy atom. The van der Waals surface area contributed by atoms with E-state index in [1.165, 1.54) is 62.5 Å². The van der Waals surface area contributed by atoms with E-state index in [1.807, 2.05) is 0 Å². The molecule has 1 aromatic rings. The molecule has 0 saturated carbocycles. The Labute approximate surface area is 317 Å². The van der Waals surface area contributed by atoms with E-state index < -0.39 is 0 Å². The fraction of sp³-hybridized carbons (Fsp3) is 0.480. The molecule has 10 unspecified atom stereocenters. The number of ether oxygens (including phenoxy) is 2. The van der Waals surface area contributed by atoms with Crippen LogP contribution in [-0.2, 0) is 9.47 Å². The van der Waals surface area contributed by atoms with Gasteiger partial charge in [0.1, 0.15) is 0 Å². The Kier molecular flexibility index (Phi) is 8.39. The first-order valence-corrected chi connectivity index (χ1v) is 21.4. The molecule has 0 bridgehead atoms. The Morgan fingerprint density at radius 2 is 1.68 bits per heavy atom. The Balaban J connectivity index is 1.02. The number of nitrogens with zero attached hydrogens (tertiary/aromatic N) is 1. The van der Waals surface area contributed by atoms with Gasteiger partial charge in [0.2, 0.25) is 0 Å². The lowest BCUT2D eigenvalue weighted by Crippen LogP contribution is -2.56. The average molecular weight is 702 g/mol. The maximum absolute atomic E-state index is 7.32. The van der Waals surface area contributed by atoms with Gasteiger partial charge < -0.3 is 14.4 Å². The summed E-state index contributed by atoms with van der Waals surface area (Å²) in [6.07, 6.45) is 49.7. The highest BCUT2D eigenvalue weighted by Gasteiger charge is 2.56. The lowest BCUT2D eigenvalue weighted by Gasteiger charge is -2.57. The van der Waals surface area contributed by atoms with Gasteiger partial charge in [-0.2, -0.15) is 0 Å². The third-order valence-corrected chi connectivity index (χ3v) is 14.9. The van der Waals surface area contributed by atoms with Crippen LogP contribution in [0.25, 0.3) is 5.57 Å². The molecule has 3 heteroatoms. The summed E-state index contributed by atoms with van der Waals surface area (Å²) < 4.78 is 14.4. The van der Waals surface area contributed by atoms with Gasteiger partial charge in [0.25, 0.3) is 0 Å². The van der Waals surface area contributed by atoms with Crippen LogP contribution in [0.2, 0.25) is 0 Å². The molecule has 12 atom stereocenters. The molecule has 2 fully saturated rings. The minimum atomic E-state index is 0.112. The molecule has 0 spiro atoms. The standard InChI is InChI=1S/C50H55NO2/c1-3-14-32(15-4-1)33-27-29-46-41(30-33)48(39-19-8-11-23-44(39)52-46)50-40-20-9-12-24-45(40)53-47-25-13-21-36(49(47)50)34-26-28-38-37-18-7-10-22-42(37)51(43(38)31-34)35-16-5-2-6-17-35/h1-7,11,14-16,18,20-21,23,27,29-31,35,38-39,41,43-50H,8-10,12-13,17,19,22,24-26,28H2/t35?,38?,39?,41?,43?,44?,45?,46-,47-,48?,49?,50?/m1/s1. The number of fused-ring (bicyclic) bond motifs is 6. The highest BCUT2D eigenvalue weighted by Crippen LogP contribution is 2.59. The zero-order valence-corrected chi connectivity index (χ0v) is 31.1. The molecule has 0 amide bonds. The molecule has 0 N–H and O–H groups in total. The fourth-order valence-electron chi connectivity index (χ4n) is 12.8. The van der Waals surface area contributed by atoms with Gasteiger partial charge in [-0.1, -0.05) is 115 Å². The SMILES string of the molecule is C1=CCC(N2C3=C(C=CCC3)C3CCC(C4=CCC[C@H]5OC6CCCC=C6C(C6C7CCC=CC7O[C@@H]7C=CC(c8ccccc8)=CC67)C45)=CC32)C=C1. The van der Waals surface area contributed by atoms with Crippen molar-refractivity contribution in [1.29, 1.82) is 0 Å². The molecule has 272 valence electrons. The lowest BCUT2D eigenvalue weighted by molar-refractivity contribution is -0.143. The zero-order chi connectivity index (χ0) is 34.9. The molecule has 2 saturated heterocycles. The summed E-state index contributed by atoms with van der Waals surface area (Å²) in [5, 5.41) is 0. The first-order chi connectivity index (χ1) is 26.3. The van der Waals surface area contributed by atoms with Crippen molar-refractivity contribution in [3.8, 4) is 0 Å². The summed E-state index contributed by atoms with van der Waals surface area (Å²) in [5.41, 5.74) is 10.9. The minimum absolute atomic E-state index is 0.112. The van der Waals surface area contributed by atoms with Gasteiger partial charge in [-0.05, 0) is 128 Å². The van der Waals surface area contributed by atoms with Crippen molar-refractivity contribution in [2.75, 3.05) is 0 Å². The molecule has 1 aromatic carbocycles. The molecule has 0 radical (unpaired) electrons. The lowest BCUT2D eigenvalue weighted by atomic mass is 9.54. The number of rotatable bonds is 4. The van der Waals surface area contributed by atoms with Gasteiger partial charge in [-0.15, -0.1) is 0 Å². The average Bonchev–Trinajstić information content (AvgIpc) is 3.56. The maximum Gasteiger partial charge on any atom is 0.0833 e. The maximum atomic E-state index is 7.32. The zero-order valence-electron chi connectivity index (χ0n) is 31.1.